The van der Waals surface area contributed by atoms with Gasteiger partial charge in [-0.1, -0.05) is 0 Å². The molecule has 0 aromatic carbocycles. The Morgan fingerprint density at radius 3 is 1.80 bits per heavy atom. The molecule has 10 heavy (non-hydrogen) atoms. The summed E-state index contributed by atoms with van der Waals surface area (Å²) in [4.78, 5) is 29.9. The molecule has 5 heteroatoms. The van der Waals surface area contributed by atoms with E-state index < -0.39 is 24.0 Å². The van der Waals surface area contributed by atoms with Gasteiger partial charge in [0.2, 0.25) is 5.78 Å². The van der Waals surface area contributed by atoms with Gasteiger partial charge in [0.1, 0.15) is 5.78 Å². The second-order valence-corrected chi connectivity index (χ2v) is 1.61. The van der Waals surface area contributed by atoms with Gasteiger partial charge in [0, 0.05) is 20.4 Å². The van der Waals surface area contributed by atoms with Crippen molar-refractivity contribution in [1.82, 2.24) is 0 Å². The van der Waals surface area contributed by atoms with Gasteiger partial charge in [-0.05, 0) is 6.92 Å². The zero-order valence-corrected chi connectivity index (χ0v) is 6.75. The number of carbonyl (C=O) groups is 3. The SMILES string of the molecule is CC(=O)CC(=O)C(=O)O.[Pd]. The largest absolute Gasteiger partial charge is 0.475 e. The molecule has 0 fully saturated rings. The number of carbonyl (C=O) groups excluding carboxylic acids is 2. The Balaban J connectivity index is 0. The molecule has 0 aliphatic rings. The zero-order chi connectivity index (χ0) is 7.44. The Hall–Kier alpha value is -0.528. The van der Waals surface area contributed by atoms with Crippen LogP contribution in [0.15, 0.2) is 0 Å². The molecule has 0 spiro atoms. The summed E-state index contributed by atoms with van der Waals surface area (Å²) < 4.78 is 0. The first-order chi connectivity index (χ1) is 4.04. The van der Waals surface area contributed by atoms with Crippen LogP contribution in [0.3, 0.4) is 0 Å². The van der Waals surface area contributed by atoms with Crippen molar-refractivity contribution < 1.29 is 39.9 Å². The minimum Gasteiger partial charge on any atom is -0.475 e. The van der Waals surface area contributed by atoms with Gasteiger partial charge >= 0.3 is 5.97 Å². The molecule has 60 valence electrons. The Morgan fingerprint density at radius 2 is 1.70 bits per heavy atom. The third-order valence-electron chi connectivity index (χ3n) is 0.648. The molecule has 0 aromatic rings. The first kappa shape index (κ1) is 12.2. The van der Waals surface area contributed by atoms with Gasteiger partial charge in [0.15, 0.2) is 0 Å². The van der Waals surface area contributed by atoms with E-state index in [0.717, 1.165) is 0 Å². The minimum absolute atomic E-state index is 0. The van der Waals surface area contributed by atoms with Gasteiger partial charge in [0.25, 0.3) is 0 Å². The number of rotatable bonds is 3. The van der Waals surface area contributed by atoms with E-state index in [2.05, 4.69) is 0 Å². The Kier molecular flexibility index (Phi) is 6.42. The van der Waals surface area contributed by atoms with Gasteiger partial charge < -0.3 is 5.11 Å². The van der Waals surface area contributed by atoms with Crippen molar-refractivity contribution >= 4 is 17.5 Å². The Morgan fingerprint density at radius 1 is 1.30 bits per heavy atom. The average molecular weight is 237 g/mol. The number of hydrogen-bond donors (Lipinski definition) is 1. The number of ketones is 2. The summed E-state index contributed by atoms with van der Waals surface area (Å²) in [5.41, 5.74) is 0. The van der Waals surface area contributed by atoms with Crippen LogP contribution < -0.4 is 0 Å². The summed E-state index contributed by atoms with van der Waals surface area (Å²) in [6.45, 7) is 1.17. The number of hydrogen-bond acceptors (Lipinski definition) is 3. The fraction of sp³-hybridized carbons (Fsp3) is 0.400. The summed E-state index contributed by atoms with van der Waals surface area (Å²) in [7, 11) is 0. The first-order valence-electron chi connectivity index (χ1n) is 2.29. The number of aliphatic carboxylic acids is 1. The smallest absolute Gasteiger partial charge is 0.372 e. The Bertz CT molecular complexity index is 163. The standard InChI is InChI=1S/C5H6O4.Pd/c1-3(6)2-4(7)5(8)9;/h2H2,1H3,(H,8,9);. The predicted molar refractivity (Wildman–Crippen MR) is 27.9 cm³/mol. The maximum absolute atomic E-state index is 10.1. The van der Waals surface area contributed by atoms with E-state index in [-0.39, 0.29) is 20.4 Å². The van der Waals surface area contributed by atoms with Crippen molar-refractivity contribution in [1.29, 1.82) is 0 Å². The normalized spacial score (nSPS) is 7.70. The number of Topliss-reactive ketones (excluding diaryl/α,β-unsaturated/α-hetero) is 2. The van der Waals surface area contributed by atoms with Crippen LogP contribution in [-0.2, 0) is 34.8 Å². The Labute approximate surface area is 71.3 Å². The van der Waals surface area contributed by atoms with Crippen LogP contribution in [0, 0.1) is 0 Å². The topological polar surface area (TPSA) is 71.4 Å². The fourth-order valence-corrected chi connectivity index (χ4v) is 0.302. The summed E-state index contributed by atoms with van der Waals surface area (Å²) in [6.07, 6.45) is -0.505. The molecule has 0 radical (unpaired) electrons. The van der Waals surface area contributed by atoms with Crippen LogP contribution in [0.5, 0.6) is 0 Å². The molecule has 0 atom stereocenters. The van der Waals surface area contributed by atoms with Crippen LogP contribution in [0.1, 0.15) is 13.3 Å². The van der Waals surface area contributed by atoms with Crippen LogP contribution in [0.4, 0.5) is 0 Å². The third kappa shape index (κ3) is 5.61. The van der Waals surface area contributed by atoms with Crippen LogP contribution in [0.2, 0.25) is 0 Å². The molecule has 0 rings (SSSR count). The number of carboxylic acid groups (broad SMARTS) is 1. The van der Waals surface area contributed by atoms with Gasteiger partial charge in [-0.2, -0.15) is 0 Å². The minimum atomic E-state index is -1.55. The molecule has 0 bridgehead atoms. The van der Waals surface area contributed by atoms with Crippen molar-refractivity contribution in [2.75, 3.05) is 0 Å². The van der Waals surface area contributed by atoms with Gasteiger partial charge in [-0.3, -0.25) is 9.59 Å². The van der Waals surface area contributed by atoms with E-state index in [9.17, 15) is 14.4 Å². The first-order valence-corrected chi connectivity index (χ1v) is 2.29. The molecule has 0 unspecified atom stereocenters. The van der Waals surface area contributed by atoms with Crippen LogP contribution in [-0.4, -0.2) is 22.6 Å². The maximum Gasteiger partial charge on any atom is 0.372 e. The van der Waals surface area contributed by atoms with E-state index >= 15 is 0 Å². The number of carboxylic acids is 1. The summed E-state index contributed by atoms with van der Waals surface area (Å²) >= 11 is 0. The molecule has 0 heterocycles. The third-order valence-corrected chi connectivity index (χ3v) is 0.648. The van der Waals surface area contributed by atoms with Crippen molar-refractivity contribution in [2.45, 2.75) is 13.3 Å². The van der Waals surface area contributed by atoms with E-state index in [4.69, 9.17) is 5.11 Å². The van der Waals surface area contributed by atoms with E-state index in [0.29, 0.717) is 0 Å². The van der Waals surface area contributed by atoms with Crippen LogP contribution >= 0.6 is 0 Å². The molecule has 4 nitrogen and oxygen atoms in total. The average Bonchev–Trinajstić information content (AvgIpc) is 1.63. The quantitative estimate of drug-likeness (QED) is 0.412. The van der Waals surface area contributed by atoms with Crippen molar-refractivity contribution in [3.63, 3.8) is 0 Å². The van der Waals surface area contributed by atoms with Gasteiger partial charge in [-0.25, -0.2) is 4.79 Å². The predicted octanol–water partition coefficient (Wildman–Crippen LogP) is -0.383. The van der Waals surface area contributed by atoms with E-state index in [1.165, 1.54) is 6.92 Å². The summed E-state index contributed by atoms with van der Waals surface area (Å²) in [5, 5.41) is 7.93. The molecular weight excluding hydrogens is 230 g/mol. The van der Waals surface area contributed by atoms with Gasteiger partial charge in [-0.15, -0.1) is 0 Å². The molecule has 0 aromatic heterocycles. The van der Waals surface area contributed by atoms with E-state index in [1.807, 2.05) is 0 Å². The monoisotopic (exact) mass is 236 g/mol. The van der Waals surface area contributed by atoms with Gasteiger partial charge in [0.05, 0.1) is 6.42 Å². The molecule has 0 aliphatic carbocycles. The summed E-state index contributed by atoms with van der Waals surface area (Å²) in [6, 6.07) is 0. The molecule has 1 N–H and O–H groups in total. The summed E-state index contributed by atoms with van der Waals surface area (Å²) in [5.74, 6) is -3.03. The molecular formula is C5H6O4Pd. The molecule has 0 aliphatic heterocycles. The second kappa shape index (κ2) is 5.27. The van der Waals surface area contributed by atoms with Crippen molar-refractivity contribution in [2.24, 2.45) is 0 Å². The molecule has 0 saturated heterocycles. The van der Waals surface area contributed by atoms with Crippen molar-refractivity contribution in [3.8, 4) is 0 Å². The fourth-order valence-electron chi connectivity index (χ4n) is 0.302. The maximum atomic E-state index is 10.1. The van der Waals surface area contributed by atoms with Crippen molar-refractivity contribution in [3.05, 3.63) is 0 Å². The second-order valence-electron chi connectivity index (χ2n) is 1.61. The zero-order valence-electron chi connectivity index (χ0n) is 5.20. The van der Waals surface area contributed by atoms with E-state index in [1.54, 1.807) is 0 Å². The molecule has 0 amide bonds. The van der Waals surface area contributed by atoms with Crippen LogP contribution in [0.25, 0.3) is 0 Å². The molecule has 0 saturated carbocycles.